The summed E-state index contributed by atoms with van der Waals surface area (Å²) in [5.74, 6) is -0.960. The Morgan fingerprint density at radius 1 is 1.60 bits per heavy atom. The van der Waals surface area contributed by atoms with Gasteiger partial charge in [0.2, 0.25) is 0 Å². The van der Waals surface area contributed by atoms with Crippen molar-refractivity contribution < 1.29 is 19.0 Å². The highest BCUT2D eigenvalue weighted by molar-refractivity contribution is 5.82. The van der Waals surface area contributed by atoms with Gasteiger partial charge < -0.3 is 19.5 Å². The van der Waals surface area contributed by atoms with Gasteiger partial charge in [-0.2, -0.15) is 0 Å². The minimum absolute atomic E-state index is 0.0177. The fourth-order valence-corrected chi connectivity index (χ4v) is 1.89. The van der Waals surface area contributed by atoms with Crippen LogP contribution in [-0.4, -0.2) is 37.6 Å². The van der Waals surface area contributed by atoms with Gasteiger partial charge in [0, 0.05) is 12.6 Å². The molecule has 2 rings (SSSR count). The molecule has 2 aliphatic heterocycles. The minimum Gasteiger partial charge on any atom is -0.466 e. The summed E-state index contributed by atoms with van der Waals surface area (Å²) in [6.07, 6.45) is 1.21. The molecule has 0 bridgehead atoms. The Labute approximate surface area is 88.4 Å². The van der Waals surface area contributed by atoms with Crippen molar-refractivity contribution in [1.29, 1.82) is 0 Å². The van der Waals surface area contributed by atoms with Gasteiger partial charge in [0.15, 0.2) is 5.79 Å². The van der Waals surface area contributed by atoms with Crippen LogP contribution in [0, 0.1) is 0 Å². The molecule has 0 amide bonds. The molecule has 2 aliphatic rings. The van der Waals surface area contributed by atoms with Gasteiger partial charge in [-0.05, 0) is 13.8 Å². The molecule has 1 N–H and O–H groups in total. The lowest BCUT2D eigenvalue weighted by Crippen LogP contribution is -2.26. The molecule has 2 unspecified atom stereocenters. The summed E-state index contributed by atoms with van der Waals surface area (Å²) in [6, 6.07) is 0. The van der Waals surface area contributed by atoms with Crippen LogP contribution in [0.2, 0.25) is 0 Å². The van der Waals surface area contributed by atoms with E-state index < -0.39 is 5.79 Å². The van der Waals surface area contributed by atoms with E-state index in [0.29, 0.717) is 6.54 Å². The number of carbonyl (C=O) groups excluding carboxylic acids is 1. The minimum atomic E-state index is -0.577. The van der Waals surface area contributed by atoms with E-state index in [1.54, 1.807) is 0 Å². The lowest BCUT2D eigenvalue weighted by Gasteiger charge is -2.18. The summed E-state index contributed by atoms with van der Waals surface area (Å²) in [5.41, 5.74) is 0.734. The Morgan fingerprint density at radius 3 is 3.00 bits per heavy atom. The van der Waals surface area contributed by atoms with Crippen molar-refractivity contribution in [3.8, 4) is 0 Å². The summed E-state index contributed by atoms with van der Waals surface area (Å²) < 4.78 is 15.9. The van der Waals surface area contributed by atoms with Gasteiger partial charge in [-0.15, -0.1) is 0 Å². The van der Waals surface area contributed by atoms with Gasteiger partial charge in [0.25, 0.3) is 0 Å². The molecule has 0 aromatic rings. The molecular formula is C10H15NO4. The molecule has 2 heterocycles. The van der Waals surface area contributed by atoms with Crippen molar-refractivity contribution in [2.45, 2.75) is 31.8 Å². The highest BCUT2D eigenvalue weighted by Crippen LogP contribution is 2.34. The number of esters is 1. The van der Waals surface area contributed by atoms with Gasteiger partial charge in [0.05, 0.1) is 12.8 Å². The molecule has 84 valence electrons. The first-order valence-electron chi connectivity index (χ1n) is 4.91. The molecule has 15 heavy (non-hydrogen) atoms. The van der Waals surface area contributed by atoms with E-state index in [9.17, 15) is 4.79 Å². The molecule has 0 saturated carbocycles. The molecule has 5 nitrogen and oxygen atoms in total. The molecule has 0 radical (unpaired) electrons. The summed E-state index contributed by atoms with van der Waals surface area (Å²) in [4.78, 5) is 11.1. The second-order valence-electron chi connectivity index (χ2n) is 4.10. The van der Waals surface area contributed by atoms with E-state index >= 15 is 0 Å². The van der Waals surface area contributed by atoms with Crippen LogP contribution in [0.1, 0.15) is 13.8 Å². The van der Waals surface area contributed by atoms with Crippen molar-refractivity contribution in [3.05, 3.63) is 11.8 Å². The number of methoxy groups -OCH3 is 1. The Balaban J connectivity index is 2.12. The number of carbonyl (C=O) groups is 1. The van der Waals surface area contributed by atoms with Crippen LogP contribution in [0.25, 0.3) is 0 Å². The van der Waals surface area contributed by atoms with E-state index in [1.807, 2.05) is 13.8 Å². The second-order valence-corrected chi connectivity index (χ2v) is 4.10. The zero-order valence-electron chi connectivity index (χ0n) is 9.07. The average molecular weight is 213 g/mol. The standard InChI is InChI=1S/C10H15NO4/c1-10(2)14-7-5-11-6(9(7)15-10)4-8(12)13-3/h4,7,9,11H,5H2,1-3H3. The molecule has 0 spiro atoms. The number of nitrogens with one attached hydrogen (secondary N) is 1. The Kier molecular flexibility index (Phi) is 2.44. The summed E-state index contributed by atoms with van der Waals surface area (Å²) in [6.45, 7) is 4.39. The summed E-state index contributed by atoms with van der Waals surface area (Å²) >= 11 is 0. The lowest BCUT2D eigenvalue weighted by atomic mass is 10.2. The number of ether oxygens (including phenoxy) is 3. The molecule has 0 aliphatic carbocycles. The first-order chi connectivity index (χ1) is 7.02. The maximum absolute atomic E-state index is 11.1. The largest absolute Gasteiger partial charge is 0.466 e. The van der Waals surface area contributed by atoms with Gasteiger partial charge in [-0.3, -0.25) is 0 Å². The van der Waals surface area contributed by atoms with Crippen LogP contribution in [0.5, 0.6) is 0 Å². The fraction of sp³-hybridized carbons (Fsp3) is 0.700. The van der Waals surface area contributed by atoms with Crippen LogP contribution in [0.4, 0.5) is 0 Å². The summed E-state index contributed by atoms with van der Waals surface area (Å²) in [5, 5.41) is 3.07. The zero-order valence-corrected chi connectivity index (χ0v) is 9.07. The third-order valence-corrected chi connectivity index (χ3v) is 2.47. The third-order valence-electron chi connectivity index (χ3n) is 2.47. The SMILES string of the molecule is COC(=O)C=C1NCC2OC(C)(C)OC12. The number of hydrogen-bond acceptors (Lipinski definition) is 5. The monoisotopic (exact) mass is 213 g/mol. The predicted octanol–water partition coefficient (Wildman–Crippen LogP) is 0.167. The van der Waals surface area contributed by atoms with Crippen LogP contribution in [0.15, 0.2) is 11.8 Å². The topological polar surface area (TPSA) is 56.8 Å². The van der Waals surface area contributed by atoms with Crippen LogP contribution in [0.3, 0.4) is 0 Å². The van der Waals surface area contributed by atoms with Crippen molar-refractivity contribution in [1.82, 2.24) is 5.32 Å². The maximum Gasteiger partial charge on any atom is 0.332 e. The van der Waals surface area contributed by atoms with Gasteiger partial charge in [-0.25, -0.2) is 4.79 Å². The maximum atomic E-state index is 11.1. The number of fused-ring (bicyclic) bond motifs is 1. The van der Waals surface area contributed by atoms with Crippen molar-refractivity contribution in [2.75, 3.05) is 13.7 Å². The average Bonchev–Trinajstić information content (AvgIpc) is 2.63. The normalized spacial score (nSPS) is 35.0. The Morgan fingerprint density at radius 2 is 2.33 bits per heavy atom. The second kappa shape index (κ2) is 3.50. The van der Waals surface area contributed by atoms with Crippen molar-refractivity contribution in [3.63, 3.8) is 0 Å². The van der Waals surface area contributed by atoms with E-state index in [2.05, 4.69) is 10.1 Å². The van der Waals surface area contributed by atoms with E-state index in [0.717, 1.165) is 5.70 Å². The quantitative estimate of drug-likeness (QED) is 0.497. The first kappa shape index (κ1) is 10.4. The fourth-order valence-electron chi connectivity index (χ4n) is 1.89. The summed E-state index contributed by atoms with van der Waals surface area (Å²) in [7, 11) is 1.35. The Hall–Kier alpha value is -1.07. The van der Waals surface area contributed by atoms with E-state index in [4.69, 9.17) is 9.47 Å². The molecule has 2 atom stereocenters. The molecular weight excluding hydrogens is 198 g/mol. The Bertz CT molecular complexity index is 311. The van der Waals surface area contributed by atoms with Crippen molar-refractivity contribution >= 4 is 5.97 Å². The molecule has 0 aromatic heterocycles. The molecule has 0 aromatic carbocycles. The smallest absolute Gasteiger partial charge is 0.332 e. The van der Waals surface area contributed by atoms with Crippen LogP contribution in [-0.2, 0) is 19.0 Å². The zero-order chi connectivity index (χ0) is 11.1. The van der Waals surface area contributed by atoms with Gasteiger partial charge >= 0.3 is 5.97 Å². The number of hydrogen-bond donors (Lipinski definition) is 1. The molecule has 5 heteroatoms. The van der Waals surface area contributed by atoms with Crippen LogP contribution >= 0.6 is 0 Å². The highest BCUT2D eigenvalue weighted by Gasteiger charge is 2.46. The van der Waals surface area contributed by atoms with E-state index in [-0.39, 0.29) is 18.2 Å². The highest BCUT2D eigenvalue weighted by atomic mass is 16.8. The van der Waals surface area contributed by atoms with Crippen LogP contribution < -0.4 is 5.32 Å². The van der Waals surface area contributed by atoms with Gasteiger partial charge in [-0.1, -0.05) is 0 Å². The van der Waals surface area contributed by atoms with Gasteiger partial charge in [0.1, 0.15) is 12.2 Å². The lowest BCUT2D eigenvalue weighted by molar-refractivity contribution is -0.146. The predicted molar refractivity (Wildman–Crippen MR) is 51.9 cm³/mol. The molecule has 2 fully saturated rings. The molecule has 2 saturated heterocycles. The number of rotatable bonds is 1. The van der Waals surface area contributed by atoms with Crippen molar-refractivity contribution in [2.24, 2.45) is 0 Å². The first-order valence-corrected chi connectivity index (χ1v) is 4.91. The third kappa shape index (κ3) is 1.98. The van der Waals surface area contributed by atoms with E-state index in [1.165, 1.54) is 13.2 Å².